The first kappa shape index (κ1) is 11.5. The summed E-state index contributed by atoms with van der Waals surface area (Å²) in [4.78, 5) is 4.40. The van der Waals surface area contributed by atoms with Crippen molar-refractivity contribution >= 4 is 10.9 Å². The first-order valence-corrected chi connectivity index (χ1v) is 6.03. The van der Waals surface area contributed by atoms with Crippen LogP contribution in [0.4, 0.5) is 0 Å². The van der Waals surface area contributed by atoms with Crippen molar-refractivity contribution in [2.45, 2.75) is 6.92 Å². The van der Waals surface area contributed by atoms with Crippen LogP contribution in [0.2, 0.25) is 0 Å². The van der Waals surface area contributed by atoms with Crippen molar-refractivity contribution in [1.82, 2.24) is 4.98 Å². The van der Waals surface area contributed by atoms with Crippen LogP contribution in [0.15, 0.2) is 48.7 Å². The Balaban J connectivity index is 2.31. The first-order chi connectivity index (χ1) is 9.16. The number of phenols is 2. The Labute approximate surface area is 110 Å². The van der Waals surface area contributed by atoms with Crippen molar-refractivity contribution in [1.29, 1.82) is 0 Å². The normalized spacial score (nSPS) is 10.8. The molecule has 2 N–H and O–H groups in total. The summed E-state index contributed by atoms with van der Waals surface area (Å²) in [7, 11) is 0. The number of nitrogens with zero attached hydrogens (tertiary/aromatic N) is 1. The second kappa shape index (κ2) is 4.28. The second-order valence-corrected chi connectivity index (χ2v) is 4.52. The molecule has 0 atom stereocenters. The molecule has 0 aliphatic carbocycles. The lowest BCUT2D eigenvalue weighted by Gasteiger charge is -2.10. The fourth-order valence-electron chi connectivity index (χ4n) is 2.29. The fourth-order valence-corrected chi connectivity index (χ4v) is 2.29. The van der Waals surface area contributed by atoms with Crippen LogP contribution in [0, 0.1) is 6.92 Å². The topological polar surface area (TPSA) is 53.4 Å². The highest BCUT2D eigenvalue weighted by Crippen LogP contribution is 2.35. The maximum Gasteiger partial charge on any atom is 0.123 e. The molecule has 0 fully saturated rings. The monoisotopic (exact) mass is 251 g/mol. The summed E-state index contributed by atoms with van der Waals surface area (Å²) in [6, 6.07) is 12.4. The van der Waals surface area contributed by atoms with Gasteiger partial charge in [-0.15, -0.1) is 0 Å². The Morgan fingerprint density at radius 2 is 1.74 bits per heavy atom. The lowest BCUT2D eigenvalue weighted by molar-refractivity contribution is 0.462. The highest BCUT2D eigenvalue weighted by Gasteiger charge is 2.11. The molecular weight excluding hydrogens is 238 g/mol. The van der Waals surface area contributed by atoms with Crippen molar-refractivity contribution in [2.24, 2.45) is 0 Å². The highest BCUT2D eigenvalue weighted by molar-refractivity contribution is 5.89. The minimum absolute atomic E-state index is 0.125. The van der Waals surface area contributed by atoms with Gasteiger partial charge in [0.1, 0.15) is 11.5 Å². The smallest absolute Gasteiger partial charge is 0.123 e. The van der Waals surface area contributed by atoms with Crippen LogP contribution in [-0.4, -0.2) is 15.2 Å². The van der Waals surface area contributed by atoms with E-state index >= 15 is 0 Å². The summed E-state index contributed by atoms with van der Waals surface area (Å²) in [6.07, 6.45) is 1.73. The summed E-state index contributed by atoms with van der Waals surface area (Å²) in [5.74, 6) is 0.262. The molecule has 1 heterocycles. The summed E-state index contributed by atoms with van der Waals surface area (Å²) < 4.78 is 0. The number of benzene rings is 2. The van der Waals surface area contributed by atoms with Gasteiger partial charge in [0, 0.05) is 22.7 Å². The molecule has 0 aliphatic rings. The third-order valence-electron chi connectivity index (χ3n) is 3.32. The van der Waals surface area contributed by atoms with Gasteiger partial charge in [-0.2, -0.15) is 0 Å². The van der Waals surface area contributed by atoms with Crippen LogP contribution >= 0.6 is 0 Å². The number of hydrogen-bond donors (Lipinski definition) is 2. The molecule has 0 bridgehead atoms. The van der Waals surface area contributed by atoms with Gasteiger partial charge in [-0.1, -0.05) is 18.2 Å². The van der Waals surface area contributed by atoms with Gasteiger partial charge in [0.15, 0.2) is 0 Å². The van der Waals surface area contributed by atoms with Gasteiger partial charge in [-0.3, -0.25) is 4.98 Å². The van der Waals surface area contributed by atoms with Crippen LogP contribution in [0.5, 0.6) is 11.5 Å². The number of aromatic nitrogens is 1. The van der Waals surface area contributed by atoms with Crippen molar-refractivity contribution in [3.63, 3.8) is 0 Å². The molecule has 0 spiro atoms. The third kappa shape index (κ3) is 1.89. The quantitative estimate of drug-likeness (QED) is 0.649. The van der Waals surface area contributed by atoms with Crippen molar-refractivity contribution in [3.8, 4) is 22.6 Å². The Hall–Kier alpha value is -2.55. The molecule has 0 unspecified atom stereocenters. The van der Waals surface area contributed by atoms with Crippen molar-refractivity contribution in [2.75, 3.05) is 0 Å². The fraction of sp³-hybridized carbons (Fsp3) is 0.0625. The zero-order chi connectivity index (χ0) is 13.4. The van der Waals surface area contributed by atoms with E-state index in [1.807, 2.05) is 31.2 Å². The number of aryl methyl sites for hydroxylation is 1. The lowest BCUT2D eigenvalue weighted by Crippen LogP contribution is -1.89. The van der Waals surface area contributed by atoms with Crippen LogP contribution < -0.4 is 0 Å². The SMILES string of the molecule is Cc1c(-c2cc(O)ccc2O)cnc2ccccc12. The molecule has 2 aromatic carbocycles. The zero-order valence-electron chi connectivity index (χ0n) is 10.5. The Morgan fingerprint density at radius 1 is 0.947 bits per heavy atom. The van der Waals surface area contributed by atoms with E-state index in [0.29, 0.717) is 5.56 Å². The number of aromatic hydroxyl groups is 2. The number of pyridine rings is 1. The highest BCUT2D eigenvalue weighted by atomic mass is 16.3. The largest absolute Gasteiger partial charge is 0.508 e. The second-order valence-electron chi connectivity index (χ2n) is 4.52. The number of hydrogen-bond acceptors (Lipinski definition) is 3. The molecular formula is C16H13NO2. The van der Waals surface area contributed by atoms with Crippen LogP contribution in [0.25, 0.3) is 22.0 Å². The molecule has 0 radical (unpaired) electrons. The van der Waals surface area contributed by atoms with Crippen LogP contribution in [0.3, 0.4) is 0 Å². The van der Waals surface area contributed by atoms with Crippen molar-refractivity contribution in [3.05, 3.63) is 54.2 Å². The van der Waals surface area contributed by atoms with E-state index in [0.717, 1.165) is 22.0 Å². The Morgan fingerprint density at radius 3 is 2.58 bits per heavy atom. The lowest BCUT2D eigenvalue weighted by atomic mass is 9.98. The molecule has 0 saturated heterocycles. The Bertz CT molecular complexity index is 766. The molecule has 3 rings (SSSR count). The first-order valence-electron chi connectivity index (χ1n) is 6.03. The summed E-state index contributed by atoms with van der Waals surface area (Å²) in [5.41, 5.74) is 3.37. The van der Waals surface area contributed by atoms with E-state index in [2.05, 4.69) is 4.98 Å². The molecule has 0 amide bonds. The molecule has 3 heteroatoms. The summed E-state index contributed by atoms with van der Waals surface area (Å²) in [5, 5.41) is 20.6. The van der Waals surface area contributed by atoms with E-state index in [9.17, 15) is 10.2 Å². The summed E-state index contributed by atoms with van der Waals surface area (Å²) >= 11 is 0. The van der Waals surface area contributed by atoms with E-state index in [-0.39, 0.29) is 11.5 Å². The van der Waals surface area contributed by atoms with Gasteiger partial charge in [0.2, 0.25) is 0 Å². The van der Waals surface area contributed by atoms with E-state index in [4.69, 9.17) is 0 Å². The number of rotatable bonds is 1. The van der Waals surface area contributed by atoms with Gasteiger partial charge in [0.25, 0.3) is 0 Å². The van der Waals surface area contributed by atoms with Crippen molar-refractivity contribution < 1.29 is 10.2 Å². The van der Waals surface area contributed by atoms with Gasteiger partial charge in [-0.05, 0) is 36.8 Å². The molecule has 0 saturated carbocycles. The standard InChI is InChI=1S/C16H13NO2/c1-10-12-4-2-3-5-15(12)17-9-14(10)13-8-11(18)6-7-16(13)19/h2-9,18-19H,1H3. The molecule has 94 valence electrons. The third-order valence-corrected chi connectivity index (χ3v) is 3.32. The van der Waals surface area contributed by atoms with Gasteiger partial charge >= 0.3 is 0 Å². The van der Waals surface area contributed by atoms with Gasteiger partial charge < -0.3 is 10.2 Å². The summed E-state index contributed by atoms with van der Waals surface area (Å²) in [6.45, 7) is 1.99. The predicted octanol–water partition coefficient (Wildman–Crippen LogP) is 3.62. The molecule has 1 aromatic heterocycles. The Kier molecular flexibility index (Phi) is 2.60. The van der Waals surface area contributed by atoms with E-state index in [1.165, 1.54) is 12.1 Å². The minimum Gasteiger partial charge on any atom is -0.508 e. The van der Waals surface area contributed by atoms with Gasteiger partial charge in [-0.25, -0.2) is 0 Å². The molecule has 0 aliphatic heterocycles. The minimum atomic E-state index is 0.125. The molecule has 19 heavy (non-hydrogen) atoms. The maximum atomic E-state index is 9.95. The van der Waals surface area contributed by atoms with E-state index in [1.54, 1.807) is 12.3 Å². The predicted molar refractivity (Wildman–Crippen MR) is 75.2 cm³/mol. The maximum absolute atomic E-state index is 9.95. The average molecular weight is 251 g/mol. The van der Waals surface area contributed by atoms with E-state index < -0.39 is 0 Å². The number of phenolic OH excluding ortho intramolecular Hbond substituents is 2. The van der Waals surface area contributed by atoms with Crippen LogP contribution in [0.1, 0.15) is 5.56 Å². The number of fused-ring (bicyclic) bond motifs is 1. The average Bonchev–Trinajstić information content (AvgIpc) is 2.43. The number of para-hydroxylation sites is 1. The van der Waals surface area contributed by atoms with Gasteiger partial charge in [0.05, 0.1) is 5.52 Å². The zero-order valence-corrected chi connectivity index (χ0v) is 10.5. The molecule has 3 nitrogen and oxygen atoms in total. The van der Waals surface area contributed by atoms with Crippen LogP contribution in [-0.2, 0) is 0 Å². The molecule has 3 aromatic rings.